The summed E-state index contributed by atoms with van der Waals surface area (Å²) in [6, 6.07) is 4.79. The summed E-state index contributed by atoms with van der Waals surface area (Å²) in [5.41, 5.74) is 0.627. The molecule has 1 fully saturated rings. The molecule has 1 atom stereocenters. The lowest BCUT2D eigenvalue weighted by Crippen LogP contribution is -2.34. The van der Waals surface area contributed by atoms with Crippen molar-refractivity contribution in [1.29, 1.82) is 0 Å². The second-order valence-corrected chi connectivity index (χ2v) is 8.79. The normalized spacial score (nSPS) is 15.3. The summed E-state index contributed by atoms with van der Waals surface area (Å²) in [5.74, 6) is 2.14. The van der Waals surface area contributed by atoms with Crippen LogP contribution in [0.5, 0.6) is 11.5 Å². The molecule has 0 bridgehead atoms. The second-order valence-electron chi connectivity index (χ2n) is 8.02. The number of para-hydroxylation sites is 1. The molecule has 188 valence electrons. The van der Waals surface area contributed by atoms with Crippen molar-refractivity contribution in [2.24, 2.45) is 0 Å². The van der Waals surface area contributed by atoms with E-state index in [0.717, 1.165) is 31.1 Å². The first-order chi connectivity index (χ1) is 17.0. The Bertz CT molecular complexity index is 1180. The van der Waals surface area contributed by atoms with Gasteiger partial charge in [0.25, 0.3) is 0 Å². The molecular formula is C22H27FN6O5S. The van der Waals surface area contributed by atoms with Crippen LogP contribution < -0.4 is 14.2 Å². The van der Waals surface area contributed by atoms with E-state index < -0.39 is 22.7 Å². The number of nitrogens with one attached hydrogen (secondary N) is 1. The fourth-order valence-corrected chi connectivity index (χ4v) is 4.66. The van der Waals surface area contributed by atoms with Gasteiger partial charge in [0.15, 0.2) is 5.82 Å². The Balaban J connectivity index is 1.78. The van der Waals surface area contributed by atoms with E-state index in [1.54, 1.807) is 14.2 Å². The maximum Gasteiger partial charge on any atom is 0.201 e. The zero-order valence-corrected chi connectivity index (χ0v) is 20.3. The summed E-state index contributed by atoms with van der Waals surface area (Å²) in [6.45, 7) is 1.22. The van der Waals surface area contributed by atoms with E-state index in [1.165, 1.54) is 0 Å². The average Bonchev–Trinajstić information content (AvgIpc) is 3.27. The van der Waals surface area contributed by atoms with E-state index >= 15 is 0 Å². The van der Waals surface area contributed by atoms with Gasteiger partial charge in [0, 0.05) is 38.0 Å². The van der Waals surface area contributed by atoms with Crippen LogP contribution in [-0.4, -0.2) is 66.6 Å². The summed E-state index contributed by atoms with van der Waals surface area (Å²) in [7, 11) is 0.199. The maximum absolute atomic E-state index is 13.3. The third kappa shape index (κ3) is 5.92. The van der Waals surface area contributed by atoms with E-state index in [4.69, 9.17) is 14.2 Å². The van der Waals surface area contributed by atoms with E-state index in [1.807, 2.05) is 22.8 Å². The van der Waals surface area contributed by atoms with Gasteiger partial charge in [-0.05, 0) is 25.0 Å². The first-order valence-electron chi connectivity index (χ1n) is 11.1. The van der Waals surface area contributed by atoms with Crippen molar-refractivity contribution < 1.29 is 27.0 Å². The number of halogens is 1. The van der Waals surface area contributed by atoms with Crippen LogP contribution in [0.15, 0.2) is 30.6 Å². The van der Waals surface area contributed by atoms with E-state index in [-0.39, 0.29) is 18.8 Å². The minimum absolute atomic E-state index is 0.0857. The van der Waals surface area contributed by atoms with E-state index in [2.05, 4.69) is 24.9 Å². The fraction of sp³-hybridized carbons (Fsp3) is 0.455. The highest BCUT2D eigenvalue weighted by Gasteiger charge is 2.29. The van der Waals surface area contributed by atoms with Gasteiger partial charge in [-0.2, -0.15) is 0 Å². The number of hydrogen-bond donors (Lipinski definition) is 2. The topological polar surface area (TPSA) is 130 Å². The van der Waals surface area contributed by atoms with Gasteiger partial charge in [0.1, 0.15) is 34.7 Å². The summed E-state index contributed by atoms with van der Waals surface area (Å²) >= 11 is 0. The van der Waals surface area contributed by atoms with Gasteiger partial charge >= 0.3 is 0 Å². The van der Waals surface area contributed by atoms with Crippen LogP contribution in [0.1, 0.15) is 36.2 Å². The van der Waals surface area contributed by atoms with Crippen molar-refractivity contribution in [2.45, 2.75) is 37.6 Å². The molecule has 0 amide bonds. The number of aromatic nitrogens is 5. The summed E-state index contributed by atoms with van der Waals surface area (Å²) < 4.78 is 57.6. The van der Waals surface area contributed by atoms with Crippen molar-refractivity contribution in [3.05, 3.63) is 53.9 Å². The van der Waals surface area contributed by atoms with Crippen LogP contribution >= 0.6 is 0 Å². The van der Waals surface area contributed by atoms with Gasteiger partial charge in [-0.3, -0.25) is 4.57 Å². The third-order valence-corrected chi connectivity index (χ3v) is 6.36. The summed E-state index contributed by atoms with van der Waals surface area (Å²) in [5, 5.41) is 8.95. The molecule has 4 rings (SSSR count). The third-order valence-electron chi connectivity index (χ3n) is 5.79. The lowest BCUT2D eigenvalue weighted by molar-refractivity contribution is 0.0831. The zero-order valence-electron chi connectivity index (χ0n) is 19.4. The largest absolute Gasteiger partial charge is 0.494 e. The minimum Gasteiger partial charge on any atom is -0.494 e. The van der Waals surface area contributed by atoms with Crippen LogP contribution in [0.2, 0.25) is 0 Å². The molecule has 35 heavy (non-hydrogen) atoms. The molecule has 3 heterocycles. The molecule has 13 heteroatoms. The molecule has 11 nitrogen and oxygen atoms in total. The van der Waals surface area contributed by atoms with Crippen molar-refractivity contribution in [3.63, 3.8) is 0 Å². The summed E-state index contributed by atoms with van der Waals surface area (Å²) in [6.07, 6.45) is 3.93. The van der Waals surface area contributed by atoms with Crippen LogP contribution in [0.4, 0.5) is 4.39 Å². The van der Waals surface area contributed by atoms with Gasteiger partial charge in [-0.15, -0.1) is 10.2 Å². The van der Waals surface area contributed by atoms with Crippen LogP contribution in [0.3, 0.4) is 0 Å². The Kier molecular flexibility index (Phi) is 8.21. The Morgan fingerprint density at radius 3 is 2.37 bits per heavy atom. The molecule has 1 aliphatic heterocycles. The fourth-order valence-electron chi connectivity index (χ4n) is 4.18. The Morgan fingerprint density at radius 2 is 1.77 bits per heavy atom. The van der Waals surface area contributed by atoms with Crippen LogP contribution in [0, 0.1) is 5.82 Å². The number of hydrogen-bond acceptors (Lipinski definition) is 9. The quantitative estimate of drug-likeness (QED) is 0.392. The highest BCUT2D eigenvalue weighted by atomic mass is 32.2. The molecule has 1 aromatic carbocycles. The van der Waals surface area contributed by atoms with Crippen molar-refractivity contribution in [3.8, 4) is 17.2 Å². The molecule has 3 aromatic rings. The highest BCUT2D eigenvalue weighted by Crippen LogP contribution is 2.37. The summed E-state index contributed by atoms with van der Waals surface area (Å²) in [4.78, 5) is 7.92. The first-order valence-corrected chi connectivity index (χ1v) is 12.3. The van der Waals surface area contributed by atoms with Gasteiger partial charge in [-0.25, -0.2) is 27.5 Å². The SMILES string of the molecule is COc1cccc(OC)c1-n1c(C[C@H](Cc2ncc(F)cn2)N[SH](=O)=O)nnc1C1CCOCC1. The smallest absolute Gasteiger partial charge is 0.201 e. The van der Waals surface area contributed by atoms with Crippen LogP contribution in [0.25, 0.3) is 5.69 Å². The standard InChI is InChI=1S/C22H27FN6O5S/c1-32-17-4-3-5-18(33-2)21(17)29-20(26-27-22(29)14-6-8-34-9-7-14)11-16(28-35(30)31)10-19-24-12-15(23)13-25-19/h3-5,12-14,16,35H,6-11H2,1-2H3,(H,28,30,31)/t16-/m0/s1. The Hall–Kier alpha value is -3.16. The zero-order chi connectivity index (χ0) is 24.8. The number of ether oxygens (including phenoxy) is 3. The Morgan fingerprint density at radius 1 is 1.11 bits per heavy atom. The van der Waals surface area contributed by atoms with Crippen molar-refractivity contribution in [1.82, 2.24) is 29.5 Å². The molecule has 1 saturated heterocycles. The molecule has 0 spiro atoms. The number of benzene rings is 1. The van der Waals surface area contributed by atoms with Gasteiger partial charge in [0.05, 0.1) is 26.6 Å². The number of methoxy groups -OCH3 is 2. The van der Waals surface area contributed by atoms with Crippen LogP contribution in [-0.2, 0) is 28.5 Å². The lowest BCUT2D eigenvalue weighted by atomic mass is 9.99. The Labute approximate surface area is 203 Å². The van der Waals surface area contributed by atoms with Gasteiger partial charge in [-0.1, -0.05) is 6.07 Å². The van der Waals surface area contributed by atoms with Crippen molar-refractivity contribution >= 4 is 10.9 Å². The molecule has 0 radical (unpaired) electrons. The average molecular weight is 507 g/mol. The monoisotopic (exact) mass is 506 g/mol. The molecule has 1 aliphatic rings. The van der Waals surface area contributed by atoms with Crippen molar-refractivity contribution in [2.75, 3.05) is 27.4 Å². The predicted octanol–water partition coefficient (Wildman–Crippen LogP) is 1.38. The maximum atomic E-state index is 13.3. The number of rotatable bonds is 10. The highest BCUT2D eigenvalue weighted by molar-refractivity contribution is 7.70. The molecular weight excluding hydrogens is 479 g/mol. The molecule has 0 aliphatic carbocycles. The second kappa shape index (κ2) is 11.5. The molecule has 2 aromatic heterocycles. The van der Waals surface area contributed by atoms with E-state index in [9.17, 15) is 12.8 Å². The number of nitrogens with zero attached hydrogens (tertiary/aromatic N) is 5. The molecule has 0 saturated carbocycles. The van der Waals surface area contributed by atoms with Gasteiger partial charge < -0.3 is 14.2 Å². The first kappa shape index (κ1) is 24.9. The van der Waals surface area contributed by atoms with Gasteiger partial charge in [0.2, 0.25) is 10.9 Å². The van der Waals surface area contributed by atoms with E-state index in [0.29, 0.717) is 42.0 Å². The number of thiol groups is 1. The molecule has 1 N–H and O–H groups in total. The minimum atomic E-state index is -2.93. The lowest BCUT2D eigenvalue weighted by Gasteiger charge is -2.24. The predicted molar refractivity (Wildman–Crippen MR) is 124 cm³/mol. The molecule has 0 unspecified atom stereocenters.